The summed E-state index contributed by atoms with van der Waals surface area (Å²) in [5.74, 6) is -1.70. The predicted molar refractivity (Wildman–Crippen MR) is 81.8 cm³/mol. The van der Waals surface area contributed by atoms with Crippen LogP contribution in [0.2, 0.25) is 0 Å². The summed E-state index contributed by atoms with van der Waals surface area (Å²) in [7, 11) is 0. The lowest BCUT2D eigenvalue weighted by Crippen LogP contribution is -2.41. The van der Waals surface area contributed by atoms with E-state index in [1.165, 1.54) is 60.7 Å². The first-order valence-electron chi connectivity index (χ1n) is 6.80. The van der Waals surface area contributed by atoms with E-state index in [1.807, 2.05) is 0 Å². The summed E-state index contributed by atoms with van der Waals surface area (Å²) in [4.78, 5) is 23.2. The highest BCUT2D eigenvalue weighted by atomic mass is 19.1. The minimum Gasteiger partial charge on any atom is -0.273 e. The van der Waals surface area contributed by atoms with Crippen molar-refractivity contribution < 1.29 is 18.4 Å². The van der Waals surface area contributed by atoms with Crippen LogP contribution in [-0.2, 0) is 16.0 Å². The molecule has 0 heterocycles. The molecule has 0 aromatic heterocycles. The number of hydrogen-bond acceptors (Lipinski definition) is 2. The molecular formula is C17H14F2N2O2. The van der Waals surface area contributed by atoms with Crippen LogP contribution in [0.25, 0.3) is 6.08 Å². The maximum atomic E-state index is 12.7. The summed E-state index contributed by atoms with van der Waals surface area (Å²) in [5, 5.41) is 0. The molecule has 0 fully saturated rings. The van der Waals surface area contributed by atoms with Gasteiger partial charge in [-0.1, -0.05) is 24.3 Å². The van der Waals surface area contributed by atoms with Gasteiger partial charge in [-0.3, -0.25) is 20.4 Å². The molecule has 0 saturated heterocycles. The van der Waals surface area contributed by atoms with E-state index in [0.29, 0.717) is 11.1 Å². The molecular weight excluding hydrogens is 302 g/mol. The normalized spacial score (nSPS) is 10.5. The number of hydrazine groups is 1. The van der Waals surface area contributed by atoms with Crippen molar-refractivity contribution >= 4 is 17.9 Å². The predicted octanol–water partition coefficient (Wildman–Crippen LogP) is 2.37. The van der Waals surface area contributed by atoms with E-state index in [2.05, 4.69) is 10.9 Å². The smallest absolute Gasteiger partial charge is 0.262 e. The van der Waals surface area contributed by atoms with Crippen molar-refractivity contribution in [2.45, 2.75) is 6.42 Å². The second-order valence-electron chi connectivity index (χ2n) is 4.73. The number of amides is 2. The van der Waals surface area contributed by atoms with Crippen LogP contribution < -0.4 is 10.9 Å². The van der Waals surface area contributed by atoms with E-state index in [9.17, 15) is 18.4 Å². The Balaban J connectivity index is 1.78. The van der Waals surface area contributed by atoms with Crippen molar-refractivity contribution in [1.82, 2.24) is 10.9 Å². The maximum Gasteiger partial charge on any atom is 0.262 e. The van der Waals surface area contributed by atoms with E-state index in [0.717, 1.165) is 0 Å². The Kier molecular flexibility index (Phi) is 5.57. The van der Waals surface area contributed by atoms with E-state index in [1.54, 1.807) is 0 Å². The van der Waals surface area contributed by atoms with Crippen molar-refractivity contribution in [3.05, 3.63) is 77.4 Å². The van der Waals surface area contributed by atoms with Gasteiger partial charge in [0.2, 0.25) is 5.91 Å². The highest BCUT2D eigenvalue weighted by molar-refractivity contribution is 5.93. The topological polar surface area (TPSA) is 58.2 Å². The lowest BCUT2D eigenvalue weighted by Gasteiger charge is -2.05. The Morgan fingerprint density at radius 1 is 0.870 bits per heavy atom. The molecule has 0 bridgehead atoms. The summed E-state index contributed by atoms with van der Waals surface area (Å²) in [6.45, 7) is 0. The zero-order chi connectivity index (χ0) is 16.7. The molecule has 2 aromatic rings. The Hall–Kier alpha value is -3.02. The Bertz CT molecular complexity index is 710. The first-order chi connectivity index (χ1) is 11.0. The number of rotatable bonds is 4. The molecule has 0 spiro atoms. The van der Waals surface area contributed by atoms with Crippen molar-refractivity contribution in [3.63, 3.8) is 0 Å². The van der Waals surface area contributed by atoms with Crippen molar-refractivity contribution in [1.29, 1.82) is 0 Å². The molecule has 2 amide bonds. The van der Waals surface area contributed by atoms with Gasteiger partial charge in [0.15, 0.2) is 0 Å². The third kappa shape index (κ3) is 5.70. The Labute approximate surface area is 131 Å². The fourth-order valence-corrected chi connectivity index (χ4v) is 1.75. The summed E-state index contributed by atoms with van der Waals surface area (Å²) in [6, 6.07) is 11.1. The van der Waals surface area contributed by atoms with Crippen molar-refractivity contribution in [3.8, 4) is 0 Å². The van der Waals surface area contributed by atoms with Crippen LogP contribution >= 0.6 is 0 Å². The van der Waals surface area contributed by atoms with E-state index < -0.39 is 11.8 Å². The van der Waals surface area contributed by atoms with Gasteiger partial charge < -0.3 is 0 Å². The SMILES string of the molecule is O=C(/C=C/c1ccc(F)cc1)NNC(=O)Cc1ccc(F)cc1. The number of carbonyl (C=O) groups is 2. The van der Waals surface area contributed by atoms with Gasteiger partial charge in [0.05, 0.1) is 6.42 Å². The van der Waals surface area contributed by atoms with Gasteiger partial charge in [-0.15, -0.1) is 0 Å². The third-order valence-corrected chi connectivity index (χ3v) is 2.90. The molecule has 23 heavy (non-hydrogen) atoms. The molecule has 2 aromatic carbocycles. The van der Waals surface area contributed by atoms with Crippen LogP contribution in [0.5, 0.6) is 0 Å². The van der Waals surface area contributed by atoms with Gasteiger partial charge >= 0.3 is 0 Å². The van der Waals surface area contributed by atoms with Crippen LogP contribution in [-0.4, -0.2) is 11.8 Å². The van der Waals surface area contributed by atoms with Crippen LogP contribution in [0.4, 0.5) is 8.78 Å². The second kappa shape index (κ2) is 7.84. The fourth-order valence-electron chi connectivity index (χ4n) is 1.75. The van der Waals surface area contributed by atoms with E-state index in [-0.39, 0.29) is 18.1 Å². The molecule has 4 nitrogen and oxygen atoms in total. The third-order valence-electron chi connectivity index (χ3n) is 2.90. The summed E-state index contributed by atoms with van der Waals surface area (Å²) < 4.78 is 25.5. The van der Waals surface area contributed by atoms with Crippen molar-refractivity contribution in [2.24, 2.45) is 0 Å². The zero-order valence-electron chi connectivity index (χ0n) is 12.1. The summed E-state index contributed by atoms with van der Waals surface area (Å²) in [6.07, 6.45) is 2.72. The monoisotopic (exact) mass is 316 g/mol. The largest absolute Gasteiger partial charge is 0.273 e. The lowest BCUT2D eigenvalue weighted by molar-refractivity contribution is -0.126. The molecule has 0 aliphatic heterocycles. The first kappa shape index (κ1) is 16.4. The van der Waals surface area contributed by atoms with E-state index >= 15 is 0 Å². The molecule has 6 heteroatoms. The number of benzene rings is 2. The second-order valence-corrected chi connectivity index (χ2v) is 4.73. The molecule has 2 N–H and O–H groups in total. The van der Waals surface area contributed by atoms with Crippen LogP contribution in [0.3, 0.4) is 0 Å². The lowest BCUT2D eigenvalue weighted by atomic mass is 10.1. The molecule has 0 unspecified atom stereocenters. The highest BCUT2D eigenvalue weighted by Crippen LogP contribution is 2.04. The molecule has 0 saturated carbocycles. The summed E-state index contributed by atoms with van der Waals surface area (Å²) >= 11 is 0. The minimum atomic E-state index is -0.526. The van der Waals surface area contributed by atoms with Crippen LogP contribution in [0, 0.1) is 11.6 Å². The standard InChI is InChI=1S/C17H14F2N2O2/c18-14-6-1-12(2-7-14)5-10-16(22)20-21-17(23)11-13-3-8-15(19)9-4-13/h1-10H,11H2,(H,20,22)(H,21,23)/b10-5+. The molecule has 118 valence electrons. The number of halogens is 2. The van der Waals surface area contributed by atoms with Gasteiger partial charge in [0, 0.05) is 6.08 Å². The minimum absolute atomic E-state index is 0.0161. The molecule has 0 radical (unpaired) electrons. The fraction of sp³-hybridized carbons (Fsp3) is 0.0588. The van der Waals surface area contributed by atoms with Gasteiger partial charge in [-0.25, -0.2) is 8.78 Å². The maximum absolute atomic E-state index is 12.7. The van der Waals surface area contributed by atoms with E-state index in [4.69, 9.17) is 0 Å². The van der Waals surface area contributed by atoms with Crippen LogP contribution in [0.1, 0.15) is 11.1 Å². The Morgan fingerprint density at radius 3 is 2.04 bits per heavy atom. The first-order valence-corrected chi connectivity index (χ1v) is 6.80. The Morgan fingerprint density at radius 2 is 1.43 bits per heavy atom. The van der Waals surface area contributed by atoms with Crippen molar-refractivity contribution in [2.75, 3.05) is 0 Å². The highest BCUT2D eigenvalue weighted by Gasteiger charge is 2.04. The van der Waals surface area contributed by atoms with Crippen LogP contribution in [0.15, 0.2) is 54.6 Å². The number of hydrogen-bond donors (Lipinski definition) is 2. The summed E-state index contributed by atoms with van der Waals surface area (Å²) in [5.41, 5.74) is 5.75. The molecule has 2 rings (SSSR count). The average molecular weight is 316 g/mol. The van der Waals surface area contributed by atoms with Gasteiger partial charge in [0.1, 0.15) is 11.6 Å². The zero-order valence-corrected chi connectivity index (χ0v) is 12.1. The molecule has 0 aliphatic carbocycles. The molecule has 0 aliphatic rings. The number of carbonyl (C=O) groups excluding carboxylic acids is 2. The quantitative estimate of drug-likeness (QED) is 0.672. The molecule has 0 atom stereocenters. The van der Waals surface area contributed by atoms with Gasteiger partial charge in [-0.2, -0.15) is 0 Å². The van der Waals surface area contributed by atoms with Gasteiger partial charge in [0.25, 0.3) is 5.91 Å². The van der Waals surface area contributed by atoms with Gasteiger partial charge in [-0.05, 0) is 41.5 Å². The average Bonchev–Trinajstić information content (AvgIpc) is 2.54. The number of nitrogens with one attached hydrogen (secondary N) is 2.